The Bertz CT molecular complexity index is 1020. The van der Waals surface area contributed by atoms with Crippen LogP contribution < -0.4 is 15.4 Å². The van der Waals surface area contributed by atoms with Crippen molar-refractivity contribution in [3.63, 3.8) is 0 Å². The SMILES string of the molecule is NC(=O)c1ccc2c(c1)N(Cc1nc(-c3ccccc3)co1)C(=O)C(O)O2. The number of carbonyl (C=O) groups is 2. The molecule has 8 nitrogen and oxygen atoms in total. The average Bonchev–Trinajstić information content (AvgIpc) is 3.14. The predicted molar refractivity (Wildman–Crippen MR) is 94.7 cm³/mol. The molecule has 3 N–H and O–H groups in total. The van der Waals surface area contributed by atoms with Gasteiger partial charge in [-0.25, -0.2) is 4.98 Å². The lowest BCUT2D eigenvalue weighted by atomic mass is 10.1. The Kier molecular flexibility index (Phi) is 4.09. The van der Waals surface area contributed by atoms with E-state index in [1.807, 2.05) is 30.3 Å². The third-order valence-corrected chi connectivity index (χ3v) is 4.16. The fraction of sp³-hybridized carbons (Fsp3) is 0.105. The molecular formula is C19H15N3O5. The van der Waals surface area contributed by atoms with Gasteiger partial charge in [-0.1, -0.05) is 30.3 Å². The zero-order valence-electron chi connectivity index (χ0n) is 14.0. The largest absolute Gasteiger partial charge is 0.453 e. The molecule has 4 rings (SSSR count). The summed E-state index contributed by atoms with van der Waals surface area (Å²) in [6.07, 6.45) is -0.160. The number of oxazole rings is 1. The first-order valence-electron chi connectivity index (χ1n) is 8.13. The lowest BCUT2D eigenvalue weighted by Crippen LogP contribution is -2.45. The number of hydrogen-bond acceptors (Lipinski definition) is 6. The van der Waals surface area contributed by atoms with Crippen molar-refractivity contribution >= 4 is 17.5 Å². The van der Waals surface area contributed by atoms with Gasteiger partial charge in [0.1, 0.15) is 24.3 Å². The number of nitrogens with zero attached hydrogens (tertiary/aromatic N) is 2. The summed E-state index contributed by atoms with van der Waals surface area (Å²) in [5.41, 5.74) is 7.33. The Balaban J connectivity index is 1.67. The molecule has 0 radical (unpaired) electrons. The number of fused-ring (bicyclic) bond motifs is 1. The standard InChI is InChI=1S/C19H15N3O5/c20-17(23)12-6-7-15-14(8-12)22(18(24)19(25)27-15)9-16-21-13(10-26-16)11-4-2-1-3-5-11/h1-8,10,19,25H,9H2,(H2,20,23). The summed E-state index contributed by atoms with van der Waals surface area (Å²) in [6, 6.07) is 13.8. The van der Waals surface area contributed by atoms with Crippen LogP contribution in [0.2, 0.25) is 0 Å². The molecule has 1 aliphatic heterocycles. The van der Waals surface area contributed by atoms with Crippen molar-refractivity contribution in [2.45, 2.75) is 12.8 Å². The Morgan fingerprint density at radius 1 is 1.22 bits per heavy atom. The molecule has 1 aliphatic rings. The van der Waals surface area contributed by atoms with Crippen LogP contribution in [0.4, 0.5) is 5.69 Å². The quantitative estimate of drug-likeness (QED) is 0.726. The van der Waals surface area contributed by atoms with E-state index in [0.29, 0.717) is 11.4 Å². The van der Waals surface area contributed by atoms with Crippen LogP contribution in [0.5, 0.6) is 5.75 Å². The van der Waals surface area contributed by atoms with Crippen molar-refractivity contribution in [2.24, 2.45) is 5.73 Å². The number of anilines is 1. The number of aliphatic hydroxyl groups is 1. The third kappa shape index (κ3) is 3.13. The first-order chi connectivity index (χ1) is 13.0. The maximum absolute atomic E-state index is 12.4. The summed E-state index contributed by atoms with van der Waals surface area (Å²) in [7, 11) is 0. The van der Waals surface area contributed by atoms with Gasteiger partial charge in [0, 0.05) is 11.1 Å². The van der Waals surface area contributed by atoms with Crippen molar-refractivity contribution in [1.82, 2.24) is 4.98 Å². The minimum Gasteiger partial charge on any atom is -0.453 e. The number of amides is 2. The lowest BCUT2D eigenvalue weighted by molar-refractivity contribution is -0.142. The molecule has 1 atom stereocenters. The predicted octanol–water partition coefficient (Wildman–Crippen LogP) is 1.68. The lowest BCUT2D eigenvalue weighted by Gasteiger charge is -2.31. The fourth-order valence-corrected chi connectivity index (χ4v) is 2.83. The van der Waals surface area contributed by atoms with E-state index in [2.05, 4.69) is 4.98 Å². The maximum atomic E-state index is 12.4. The van der Waals surface area contributed by atoms with Crippen molar-refractivity contribution in [3.8, 4) is 17.0 Å². The highest BCUT2D eigenvalue weighted by atomic mass is 16.6. The molecule has 2 amide bonds. The highest BCUT2D eigenvalue weighted by Crippen LogP contribution is 2.35. The van der Waals surface area contributed by atoms with E-state index in [-0.39, 0.29) is 23.7 Å². The monoisotopic (exact) mass is 365 g/mol. The van der Waals surface area contributed by atoms with Gasteiger partial charge < -0.3 is 20.0 Å². The summed E-state index contributed by atoms with van der Waals surface area (Å²) < 4.78 is 10.7. The molecule has 1 unspecified atom stereocenters. The summed E-state index contributed by atoms with van der Waals surface area (Å²) in [5.74, 6) is -0.809. The Labute approximate surface area is 153 Å². The van der Waals surface area contributed by atoms with Gasteiger partial charge in [-0.05, 0) is 18.2 Å². The van der Waals surface area contributed by atoms with Gasteiger partial charge in [0.2, 0.25) is 11.8 Å². The second kappa shape index (κ2) is 6.58. The Morgan fingerprint density at radius 2 is 2.00 bits per heavy atom. The van der Waals surface area contributed by atoms with Crippen molar-refractivity contribution in [3.05, 3.63) is 66.2 Å². The maximum Gasteiger partial charge on any atom is 0.296 e. The van der Waals surface area contributed by atoms with Crippen LogP contribution in [0, 0.1) is 0 Å². The molecule has 1 aromatic heterocycles. The van der Waals surface area contributed by atoms with E-state index < -0.39 is 18.1 Å². The van der Waals surface area contributed by atoms with Crippen LogP contribution in [0.3, 0.4) is 0 Å². The van der Waals surface area contributed by atoms with Crippen molar-refractivity contribution in [1.29, 1.82) is 0 Å². The van der Waals surface area contributed by atoms with Crippen LogP contribution in [-0.4, -0.2) is 28.2 Å². The molecular weight excluding hydrogens is 350 g/mol. The molecule has 0 saturated heterocycles. The number of carbonyl (C=O) groups excluding carboxylic acids is 2. The number of nitrogens with two attached hydrogens (primary N) is 1. The van der Waals surface area contributed by atoms with Crippen LogP contribution >= 0.6 is 0 Å². The number of rotatable bonds is 4. The Morgan fingerprint density at radius 3 is 2.74 bits per heavy atom. The van der Waals surface area contributed by atoms with Gasteiger partial charge in [-0.2, -0.15) is 0 Å². The normalized spacial score (nSPS) is 16.0. The first-order valence-corrected chi connectivity index (χ1v) is 8.13. The van der Waals surface area contributed by atoms with Crippen LogP contribution in [0.15, 0.2) is 59.2 Å². The molecule has 0 saturated carbocycles. The van der Waals surface area contributed by atoms with Crippen molar-refractivity contribution in [2.75, 3.05) is 4.90 Å². The molecule has 2 aromatic carbocycles. The average molecular weight is 365 g/mol. The molecule has 0 fully saturated rings. The second-order valence-electron chi connectivity index (χ2n) is 5.93. The van der Waals surface area contributed by atoms with Gasteiger partial charge in [0.05, 0.1) is 5.69 Å². The van der Waals surface area contributed by atoms with E-state index in [4.69, 9.17) is 14.9 Å². The zero-order valence-corrected chi connectivity index (χ0v) is 14.0. The van der Waals surface area contributed by atoms with Crippen LogP contribution in [0.1, 0.15) is 16.2 Å². The molecule has 0 spiro atoms. The highest BCUT2D eigenvalue weighted by molar-refractivity contribution is 6.01. The first kappa shape index (κ1) is 16.8. The molecule has 136 valence electrons. The van der Waals surface area contributed by atoms with Gasteiger partial charge in [-0.15, -0.1) is 0 Å². The van der Waals surface area contributed by atoms with E-state index in [1.165, 1.54) is 29.4 Å². The number of primary amides is 1. The van der Waals surface area contributed by atoms with Crippen molar-refractivity contribution < 1.29 is 23.8 Å². The molecule has 27 heavy (non-hydrogen) atoms. The van der Waals surface area contributed by atoms with E-state index in [0.717, 1.165) is 5.56 Å². The molecule has 0 bridgehead atoms. The zero-order chi connectivity index (χ0) is 19.0. The number of benzene rings is 2. The summed E-state index contributed by atoms with van der Waals surface area (Å²) in [4.78, 5) is 29.5. The van der Waals surface area contributed by atoms with Crippen LogP contribution in [0.25, 0.3) is 11.3 Å². The summed E-state index contributed by atoms with van der Waals surface area (Å²) in [5, 5.41) is 9.88. The summed E-state index contributed by atoms with van der Waals surface area (Å²) >= 11 is 0. The topological polar surface area (TPSA) is 119 Å². The third-order valence-electron chi connectivity index (χ3n) is 4.16. The number of aromatic nitrogens is 1. The number of hydrogen-bond donors (Lipinski definition) is 2. The van der Waals surface area contributed by atoms with Gasteiger partial charge in [-0.3, -0.25) is 14.5 Å². The van der Waals surface area contributed by atoms with Gasteiger partial charge >= 0.3 is 0 Å². The highest BCUT2D eigenvalue weighted by Gasteiger charge is 2.34. The minimum atomic E-state index is -1.65. The smallest absolute Gasteiger partial charge is 0.296 e. The fourth-order valence-electron chi connectivity index (χ4n) is 2.83. The van der Waals surface area contributed by atoms with Crippen LogP contribution in [-0.2, 0) is 11.3 Å². The number of ether oxygens (including phenoxy) is 1. The molecule has 0 aliphatic carbocycles. The van der Waals surface area contributed by atoms with Gasteiger partial charge in [0.15, 0.2) is 0 Å². The Hall–Kier alpha value is -3.65. The minimum absolute atomic E-state index is 0.0404. The molecule has 8 heteroatoms. The molecule has 2 heterocycles. The molecule has 3 aromatic rings. The number of aliphatic hydroxyl groups excluding tert-OH is 1. The summed E-state index contributed by atoms with van der Waals surface area (Å²) in [6.45, 7) is -0.0404. The van der Waals surface area contributed by atoms with Gasteiger partial charge in [0.25, 0.3) is 12.2 Å². The van der Waals surface area contributed by atoms with E-state index in [1.54, 1.807) is 0 Å². The van der Waals surface area contributed by atoms with E-state index >= 15 is 0 Å². The second-order valence-corrected chi connectivity index (χ2v) is 5.93. The van der Waals surface area contributed by atoms with E-state index in [9.17, 15) is 14.7 Å².